The molecular weight excluding hydrogens is 577 g/mol. The van der Waals surface area contributed by atoms with E-state index in [1.165, 1.54) is 34.7 Å². The van der Waals surface area contributed by atoms with Crippen molar-refractivity contribution in [1.29, 1.82) is 0 Å². The van der Waals surface area contributed by atoms with Gasteiger partial charge in [-0.1, -0.05) is 37.3 Å². The zero-order valence-corrected chi connectivity index (χ0v) is 26.0. The molecule has 1 atom stereocenters. The standard InChI is InChI=1S/C34H40FN5O3S/c1-2-23-43-30-15-11-28(12-16-30)36-32(41)24-31-33(42)40(29-13-9-27(35)10-14-29)34(44)39(31)18-6-17-37-19-21-38(22-20-37)25-26-7-4-3-5-8-26/h3-5,7-16,31H,2,6,17-25H2,1H3,(H,36,41)/t31-/m0/s1. The molecular formula is C34H40FN5O3S. The van der Waals surface area contributed by atoms with Crippen molar-refractivity contribution in [1.82, 2.24) is 14.7 Å². The normalized spacial score (nSPS) is 17.7. The Morgan fingerprint density at radius 3 is 2.30 bits per heavy atom. The lowest BCUT2D eigenvalue weighted by Gasteiger charge is -2.35. The predicted octanol–water partition coefficient (Wildman–Crippen LogP) is 5.15. The fourth-order valence-electron chi connectivity index (χ4n) is 5.63. The summed E-state index contributed by atoms with van der Waals surface area (Å²) in [6.45, 7) is 8.99. The molecule has 1 N–H and O–H groups in total. The molecule has 2 amide bonds. The van der Waals surface area contributed by atoms with Gasteiger partial charge in [0.05, 0.1) is 18.7 Å². The highest BCUT2D eigenvalue weighted by Gasteiger charge is 2.44. The van der Waals surface area contributed by atoms with Crippen LogP contribution in [0, 0.1) is 5.82 Å². The highest BCUT2D eigenvalue weighted by atomic mass is 32.1. The summed E-state index contributed by atoms with van der Waals surface area (Å²) in [4.78, 5) is 35.0. The fraction of sp³-hybridized carbons (Fsp3) is 0.382. The number of amides is 2. The van der Waals surface area contributed by atoms with Crippen LogP contribution in [-0.2, 0) is 16.1 Å². The third kappa shape index (κ3) is 8.19. The number of halogens is 1. The molecule has 44 heavy (non-hydrogen) atoms. The molecule has 2 saturated heterocycles. The van der Waals surface area contributed by atoms with Gasteiger partial charge in [0.2, 0.25) is 5.91 Å². The Bertz CT molecular complexity index is 1400. The monoisotopic (exact) mass is 617 g/mol. The summed E-state index contributed by atoms with van der Waals surface area (Å²) in [5.41, 5.74) is 2.44. The molecule has 8 nitrogen and oxygen atoms in total. The number of benzene rings is 3. The van der Waals surface area contributed by atoms with Crippen LogP contribution in [-0.4, -0.2) is 83.5 Å². The summed E-state index contributed by atoms with van der Waals surface area (Å²) in [5, 5.41) is 3.24. The molecule has 0 aliphatic carbocycles. The zero-order valence-electron chi connectivity index (χ0n) is 25.2. The molecule has 3 aromatic rings. The van der Waals surface area contributed by atoms with Crippen molar-refractivity contribution in [3.63, 3.8) is 0 Å². The van der Waals surface area contributed by atoms with E-state index in [0.29, 0.717) is 29.6 Å². The van der Waals surface area contributed by atoms with Gasteiger partial charge >= 0.3 is 0 Å². The number of piperazine rings is 1. The van der Waals surface area contributed by atoms with E-state index in [0.717, 1.165) is 57.9 Å². The first-order valence-corrected chi connectivity index (χ1v) is 15.7. The largest absolute Gasteiger partial charge is 0.494 e. The topological polar surface area (TPSA) is 68.4 Å². The number of carbonyl (C=O) groups is 2. The SMILES string of the molecule is CCCOc1ccc(NC(=O)C[C@H]2C(=O)N(c3ccc(F)cc3)C(=S)N2CCCN2CCN(Cc3ccccc3)CC2)cc1. The average molecular weight is 618 g/mol. The van der Waals surface area contributed by atoms with Crippen molar-refractivity contribution >= 4 is 40.5 Å². The average Bonchev–Trinajstić information content (AvgIpc) is 3.26. The van der Waals surface area contributed by atoms with Gasteiger partial charge in [0.15, 0.2) is 5.11 Å². The number of rotatable bonds is 13. The summed E-state index contributed by atoms with van der Waals surface area (Å²) >= 11 is 5.78. The smallest absolute Gasteiger partial charge is 0.256 e. The second-order valence-corrected chi connectivity index (χ2v) is 11.6. The summed E-state index contributed by atoms with van der Waals surface area (Å²) in [5.74, 6) is -0.225. The molecule has 2 fully saturated rings. The van der Waals surface area contributed by atoms with Crippen LogP contribution in [0.2, 0.25) is 0 Å². The van der Waals surface area contributed by atoms with Crippen LogP contribution in [0.5, 0.6) is 5.75 Å². The number of nitrogens with zero attached hydrogens (tertiary/aromatic N) is 4. The number of carbonyl (C=O) groups excluding carboxylic acids is 2. The van der Waals surface area contributed by atoms with Gasteiger partial charge in [0.25, 0.3) is 5.91 Å². The maximum atomic E-state index is 13.7. The van der Waals surface area contributed by atoms with Gasteiger partial charge in [0, 0.05) is 45.0 Å². The zero-order chi connectivity index (χ0) is 30.9. The van der Waals surface area contributed by atoms with Crippen LogP contribution in [0.15, 0.2) is 78.9 Å². The van der Waals surface area contributed by atoms with E-state index in [9.17, 15) is 14.0 Å². The van der Waals surface area contributed by atoms with Gasteiger partial charge in [-0.25, -0.2) is 4.39 Å². The van der Waals surface area contributed by atoms with Crippen molar-refractivity contribution in [2.75, 3.05) is 56.1 Å². The van der Waals surface area contributed by atoms with Crippen molar-refractivity contribution in [2.45, 2.75) is 38.8 Å². The summed E-state index contributed by atoms with van der Waals surface area (Å²) in [6.07, 6.45) is 1.65. The molecule has 0 radical (unpaired) electrons. The second-order valence-electron chi connectivity index (χ2n) is 11.2. The van der Waals surface area contributed by atoms with Crippen molar-refractivity contribution in [3.05, 3.63) is 90.2 Å². The van der Waals surface area contributed by atoms with Crippen LogP contribution in [0.3, 0.4) is 0 Å². The minimum absolute atomic E-state index is 0.0527. The maximum Gasteiger partial charge on any atom is 0.256 e. The third-order valence-corrected chi connectivity index (χ3v) is 8.40. The van der Waals surface area contributed by atoms with E-state index in [1.54, 1.807) is 12.1 Å². The van der Waals surface area contributed by atoms with E-state index in [-0.39, 0.29) is 18.2 Å². The Morgan fingerprint density at radius 1 is 0.932 bits per heavy atom. The molecule has 3 aromatic carbocycles. The van der Waals surface area contributed by atoms with E-state index in [1.807, 2.05) is 30.0 Å². The number of nitrogens with one attached hydrogen (secondary N) is 1. The first kappa shape index (κ1) is 31.6. The molecule has 0 aromatic heterocycles. The highest BCUT2D eigenvalue weighted by Crippen LogP contribution is 2.28. The molecule has 232 valence electrons. The Labute approximate surface area is 264 Å². The van der Waals surface area contributed by atoms with Gasteiger partial charge in [-0.05, 0) is 85.7 Å². The Balaban J connectivity index is 1.19. The first-order valence-electron chi connectivity index (χ1n) is 15.3. The first-order chi connectivity index (χ1) is 21.4. The van der Waals surface area contributed by atoms with Crippen LogP contribution in [0.4, 0.5) is 15.8 Å². The lowest BCUT2D eigenvalue weighted by atomic mass is 10.1. The van der Waals surface area contributed by atoms with Gasteiger partial charge in [-0.3, -0.25) is 19.4 Å². The minimum Gasteiger partial charge on any atom is -0.494 e. The minimum atomic E-state index is -0.748. The number of hydrogen-bond donors (Lipinski definition) is 1. The Morgan fingerprint density at radius 2 is 1.61 bits per heavy atom. The van der Waals surface area contributed by atoms with E-state index in [4.69, 9.17) is 17.0 Å². The molecule has 0 spiro atoms. The maximum absolute atomic E-state index is 13.7. The molecule has 5 rings (SSSR count). The molecule has 2 aliphatic heterocycles. The van der Waals surface area contributed by atoms with Crippen LogP contribution >= 0.6 is 12.2 Å². The molecule has 2 heterocycles. The molecule has 0 saturated carbocycles. The van der Waals surface area contributed by atoms with Gasteiger partial charge < -0.3 is 19.9 Å². The third-order valence-electron chi connectivity index (χ3n) is 7.98. The van der Waals surface area contributed by atoms with Crippen LogP contribution < -0.4 is 15.0 Å². The highest BCUT2D eigenvalue weighted by molar-refractivity contribution is 7.80. The van der Waals surface area contributed by atoms with Crippen molar-refractivity contribution < 1.29 is 18.7 Å². The fourth-order valence-corrected chi connectivity index (χ4v) is 6.05. The van der Waals surface area contributed by atoms with E-state index in [2.05, 4.69) is 39.4 Å². The number of anilines is 2. The molecule has 10 heteroatoms. The summed E-state index contributed by atoms with van der Waals surface area (Å²) in [6, 6.07) is 22.7. The molecule has 0 bridgehead atoms. The van der Waals surface area contributed by atoms with Crippen molar-refractivity contribution in [3.8, 4) is 5.75 Å². The summed E-state index contributed by atoms with van der Waals surface area (Å²) in [7, 11) is 0. The number of thiocarbonyl (C=S) groups is 1. The van der Waals surface area contributed by atoms with Crippen molar-refractivity contribution in [2.24, 2.45) is 0 Å². The second kappa shape index (κ2) is 15.2. The summed E-state index contributed by atoms with van der Waals surface area (Å²) < 4.78 is 19.3. The predicted molar refractivity (Wildman–Crippen MR) is 175 cm³/mol. The molecule has 2 aliphatic rings. The lowest BCUT2D eigenvalue weighted by molar-refractivity contribution is -0.124. The van der Waals surface area contributed by atoms with Crippen LogP contribution in [0.1, 0.15) is 31.7 Å². The van der Waals surface area contributed by atoms with Gasteiger partial charge in [0.1, 0.15) is 17.6 Å². The van der Waals surface area contributed by atoms with E-state index < -0.39 is 11.9 Å². The quantitative estimate of drug-likeness (QED) is 0.266. The van der Waals surface area contributed by atoms with Gasteiger partial charge in [-0.2, -0.15) is 0 Å². The number of hydrogen-bond acceptors (Lipinski definition) is 6. The van der Waals surface area contributed by atoms with Crippen LogP contribution in [0.25, 0.3) is 0 Å². The van der Waals surface area contributed by atoms with E-state index >= 15 is 0 Å². The number of ether oxygens (including phenoxy) is 1. The Hall–Kier alpha value is -3.86. The lowest BCUT2D eigenvalue weighted by Crippen LogP contribution is -2.47. The van der Waals surface area contributed by atoms with Gasteiger partial charge in [-0.15, -0.1) is 0 Å². The Kier molecular flexibility index (Phi) is 10.9. The molecule has 0 unspecified atom stereocenters.